The van der Waals surface area contributed by atoms with Crippen LogP contribution in [0.1, 0.15) is 84.3 Å². The number of hydrogen-bond donors (Lipinski definition) is 3. The molecule has 2 aromatic heterocycles. The van der Waals surface area contributed by atoms with Gasteiger partial charge in [0, 0.05) is 29.7 Å². The van der Waals surface area contributed by atoms with Crippen LogP contribution < -0.4 is 10.6 Å². The first-order chi connectivity index (χ1) is 18.5. The lowest BCUT2D eigenvalue weighted by atomic mass is 10.2. The van der Waals surface area contributed by atoms with Crippen molar-refractivity contribution in [2.24, 2.45) is 0 Å². The van der Waals surface area contributed by atoms with Gasteiger partial charge in [-0.25, -0.2) is 4.98 Å². The summed E-state index contributed by atoms with van der Waals surface area (Å²) >= 11 is 1.82. The lowest BCUT2D eigenvalue weighted by Crippen LogP contribution is -2.19. The number of nitrogens with zero attached hydrogens (tertiary/aromatic N) is 4. The molecule has 0 saturated carbocycles. The summed E-state index contributed by atoms with van der Waals surface area (Å²) in [6, 6.07) is 8.60. The zero-order valence-corrected chi connectivity index (χ0v) is 23.3. The number of ether oxygens (including phenoxy) is 1. The molecule has 10 heteroatoms. The topological polar surface area (TPSA) is 114 Å². The number of nitrogens with one attached hydrogen (secondary N) is 2. The van der Waals surface area contributed by atoms with Gasteiger partial charge in [-0.15, -0.1) is 11.8 Å². The summed E-state index contributed by atoms with van der Waals surface area (Å²) in [5, 5.41) is 15.7. The van der Waals surface area contributed by atoms with E-state index in [1.807, 2.05) is 22.7 Å². The van der Waals surface area contributed by atoms with Crippen molar-refractivity contribution in [2.45, 2.75) is 95.2 Å². The second-order valence-electron chi connectivity index (χ2n) is 9.93. The zero-order chi connectivity index (χ0) is 26.7. The molecule has 0 bridgehead atoms. The SMILES string of the molecule is CCCC(C)Nc1nc(Nc2ccc(SCCCCCCC(=O)O)cc2)nc2c1ncn2C1CCCCO1. The minimum atomic E-state index is -0.708. The van der Waals surface area contributed by atoms with E-state index in [2.05, 4.69) is 53.7 Å². The fourth-order valence-electron chi connectivity index (χ4n) is 4.65. The fraction of sp³-hybridized carbons (Fsp3) is 0.571. The Kier molecular flexibility index (Phi) is 10.6. The second kappa shape index (κ2) is 14.3. The van der Waals surface area contributed by atoms with Gasteiger partial charge < -0.3 is 20.5 Å². The summed E-state index contributed by atoms with van der Waals surface area (Å²) in [4.78, 5) is 26.1. The molecule has 0 spiro atoms. The molecule has 1 aromatic carbocycles. The van der Waals surface area contributed by atoms with Crippen LogP contribution in [0.25, 0.3) is 11.2 Å². The third kappa shape index (κ3) is 8.07. The Hall–Kier alpha value is -2.85. The van der Waals surface area contributed by atoms with Crippen molar-refractivity contribution in [3.63, 3.8) is 0 Å². The molecule has 3 heterocycles. The van der Waals surface area contributed by atoms with Crippen LogP contribution >= 0.6 is 11.8 Å². The van der Waals surface area contributed by atoms with E-state index in [1.54, 1.807) is 0 Å². The van der Waals surface area contributed by atoms with E-state index in [0.29, 0.717) is 5.95 Å². The van der Waals surface area contributed by atoms with E-state index in [4.69, 9.17) is 19.8 Å². The average Bonchev–Trinajstić information content (AvgIpc) is 3.34. The average molecular weight is 541 g/mol. The molecule has 9 nitrogen and oxygen atoms in total. The van der Waals surface area contributed by atoms with Crippen LogP contribution in [-0.4, -0.2) is 49.0 Å². The van der Waals surface area contributed by atoms with Gasteiger partial charge in [-0.3, -0.25) is 9.36 Å². The van der Waals surface area contributed by atoms with Crippen LogP contribution in [0.5, 0.6) is 0 Å². The molecule has 1 fully saturated rings. The second-order valence-corrected chi connectivity index (χ2v) is 11.1. The van der Waals surface area contributed by atoms with Crippen LogP contribution in [0.3, 0.4) is 0 Å². The van der Waals surface area contributed by atoms with Crippen LogP contribution in [0, 0.1) is 0 Å². The molecule has 2 atom stereocenters. The van der Waals surface area contributed by atoms with Gasteiger partial charge in [0.05, 0.1) is 6.33 Å². The molecule has 3 aromatic rings. The van der Waals surface area contributed by atoms with Gasteiger partial charge in [-0.2, -0.15) is 9.97 Å². The molecule has 0 aliphatic carbocycles. The zero-order valence-electron chi connectivity index (χ0n) is 22.5. The summed E-state index contributed by atoms with van der Waals surface area (Å²) in [7, 11) is 0. The highest BCUT2D eigenvalue weighted by molar-refractivity contribution is 7.99. The molecule has 4 rings (SSSR count). The van der Waals surface area contributed by atoms with E-state index >= 15 is 0 Å². The fourth-order valence-corrected chi connectivity index (χ4v) is 5.56. The van der Waals surface area contributed by atoms with E-state index in [1.165, 1.54) is 4.90 Å². The number of carboxylic acid groups (broad SMARTS) is 1. The van der Waals surface area contributed by atoms with Crippen molar-refractivity contribution >= 4 is 46.3 Å². The minimum absolute atomic E-state index is 0.0501. The highest BCUT2D eigenvalue weighted by Crippen LogP contribution is 2.30. The molecule has 206 valence electrons. The maximum absolute atomic E-state index is 10.6. The predicted octanol–water partition coefficient (Wildman–Crippen LogP) is 7.00. The Labute approximate surface area is 229 Å². The normalized spacial score (nSPS) is 16.4. The molecule has 0 amide bonds. The van der Waals surface area contributed by atoms with Gasteiger partial charge in [0.15, 0.2) is 17.0 Å². The first-order valence-corrected chi connectivity index (χ1v) is 14.9. The number of hydrogen-bond acceptors (Lipinski definition) is 8. The van der Waals surface area contributed by atoms with Crippen LogP contribution in [-0.2, 0) is 9.53 Å². The number of rotatable bonds is 15. The lowest BCUT2D eigenvalue weighted by Gasteiger charge is -2.24. The summed E-state index contributed by atoms with van der Waals surface area (Å²) in [6.45, 7) is 5.10. The van der Waals surface area contributed by atoms with E-state index in [-0.39, 0.29) is 18.7 Å². The summed E-state index contributed by atoms with van der Waals surface area (Å²) < 4.78 is 8.07. The van der Waals surface area contributed by atoms with E-state index in [0.717, 1.165) is 92.8 Å². The summed E-state index contributed by atoms with van der Waals surface area (Å²) in [5.74, 6) is 1.59. The Bertz CT molecular complexity index is 1160. The lowest BCUT2D eigenvalue weighted by molar-refractivity contribution is -0.137. The number of fused-ring (bicyclic) bond motifs is 1. The van der Waals surface area contributed by atoms with Crippen LogP contribution in [0.2, 0.25) is 0 Å². The van der Waals surface area contributed by atoms with Gasteiger partial charge in [-0.1, -0.05) is 26.2 Å². The molecule has 2 unspecified atom stereocenters. The maximum atomic E-state index is 10.6. The maximum Gasteiger partial charge on any atom is 0.303 e. The van der Waals surface area contributed by atoms with Gasteiger partial charge >= 0.3 is 5.97 Å². The Morgan fingerprint density at radius 1 is 1.18 bits per heavy atom. The smallest absolute Gasteiger partial charge is 0.303 e. The molecular formula is C28H40N6O3S. The third-order valence-electron chi connectivity index (χ3n) is 6.66. The molecule has 0 radical (unpaired) electrons. The van der Waals surface area contributed by atoms with Crippen molar-refractivity contribution in [1.29, 1.82) is 0 Å². The highest BCUT2D eigenvalue weighted by Gasteiger charge is 2.22. The Morgan fingerprint density at radius 2 is 2.00 bits per heavy atom. The standard InChI is InChI=1S/C28H40N6O3S/c1-3-10-20(2)30-26-25-27(34(19-29-25)23-11-7-8-17-37-23)33-28(32-26)31-21-13-15-22(16-14-21)38-18-9-5-4-6-12-24(35)36/h13-16,19-20,23H,3-12,17-18H2,1-2H3,(H,35,36)(H2,30,31,32,33). The van der Waals surface area contributed by atoms with Gasteiger partial charge in [-0.05, 0) is 75.5 Å². The van der Waals surface area contributed by atoms with Crippen molar-refractivity contribution in [3.05, 3.63) is 30.6 Å². The number of aliphatic carboxylic acids is 1. The number of imidazole rings is 1. The molecular weight excluding hydrogens is 500 g/mol. The summed E-state index contributed by atoms with van der Waals surface area (Å²) in [6.07, 6.45) is 11.2. The third-order valence-corrected chi connectivity index (χ3v) is 7.75. The van der Waals surface area contributed by atoms with Gasteiger partial charge in [0.1, 0.15) is 6.23 Å². The molecule has 3 N–H and O–H groups in total. The number of carboxylic acids is 1. The number of carbonyl (C=O) groups is 1. The van der Waals surface area contributed by atoms with E-state index in [9.17, 15) is 4.79 Å². The van der Waals surface area contributed by atoms with Crippen LogP contribution in [0.15, 0.2) is 35.5 Å². The number of thioether (sulfide) groups is 1. The van der Waals surface area contributed by atoms with E-state index < -0.39 is 5.97 Å². The number of unbranched alkanes of at least 4 members (excludes halogenated alkanes) is 3. The Morgan fingerprint density at radius 3 is 2.74 bits per heavy atom. The van der Waals surface area contributed by atoms with Crippen molar-refractivity contribution in [1.82, 2.24) is 19.5 Å². The predicted molar refractivity (Wildman–Crippen MR) is 153 cm³/mol. The highest BCUT2D eigenvalue weighted by atomic mass is 32.2. The molecule has 1 aliphatic rings. The van der Waals surface area contributed by atoms with Crippen molar-refractivity contribution < 1.29 is 14.6 Å². The first kappa shape index (κ1) is 28.2. The Balaban J connectivity index is 1.42. The molecule has 38 heavy (non-hydrogen) atoms. The van der Waals surface area contributed by atoms with Crippen LogP contribution in [0.4, 0.5) is 17.5 Å². The monoisotopic (exact) mass is 540 g/mol. The minimum Gasteiger partial charge on any atom is -0.481 e. The molecule has 1 saturated heterocycles. The quantitative estimate of drug-likeness (QED) is 0.138. The molecule has 1 aliphatic heterocycles. The van der Waals surface area contributed by atoms with Crippen molar-refractivity contribution in [3.8, 4) is 0 Å². The van der Waals surface area contributed by atoms with Crippen molar-refractivity contribution in [2.75, 3.05) is 23.0 Å². The summed E-state index contributed by atoms with van der Waals surface area (Å²) in [5.41, 5.74) is 2.47. The van der Waals surface area contributed by atoms with Gasteiger partial charge in [0.2, 0.25) is 5.95 Å². The van der Waals surface area contributed by atoms with Gasteiger partial charge in [0.25, 0.3) is 0 Å². The number of aromatic nitrogens is 4. The largest absolute Gasteiger partial charge is 0.481 e. The first-order valence-electron chi connectivity index (χ1n) is 13.9. The number of benzene rings is 1. The number of anilines is 3.